The normalized spacial score (nSPS) is 10.8. The highest BCUT2D eigenvalue weighted by molar-refractivity contribution is 7.22. The van der Waals surface area contributed by atoms with Crippen LogP contribution in [0.2, 0.25) is 5.02 Å². The zero-order valence-corrected chi connectivity index (χ0v) is 16.6. The third-order valence-electron chi connectivity index (χ3n) is 4.23. The third-order valence-corrected chi connectivity index (χ3v) is 5.62. The van der Waals surface area contributed by atoms with Crippen LogP contribution in [0.15, 0.2) is 67.0 Å². The van der Waals surface area contributed by atoms with E-state index in [2.05, 4.69) is 9.97 Å². The van der Waals surface area contributed by atoms with Crippen molar-refractivity contribution in [1.29, 1.82) is 0 Å². The van der Waals surface area contributed by atoms with Crippen LogP contribution in [-0.4, -0.2) is 23.0 Å². The van der Waals surface area contributed by atoms with Crippen molar-refractivity contribution in [2.24, 2.45) is 0 Å². The molecule has 2 aromatic carbocycles. The van der Waals surface area contributed by atoms with Crippen molar-refractivity contribution in [1.82, 2.24) is 9.97 Å². The van der Waals surface area contributed by atoms with Crippen LogP contribution >= 0.6 is 22.9 Å². The highest BCUT2D eigenvalue weighted by Gasteiger charge is 2.23. The topological polar surface area (TPSA) is 55.3 Å². The molecule has 1 amide bonds. The van der Waals surface area contributed by atoms with Crippen molar-refractivity contribution < 1.29 is 9.53 Å². The van der Waals surface area contributed by atoms with Crippen LogP contribution in [0.4, 0.5) is 5.13 Å². The number of halogens is 1. The maximum atomic E-state index is 13.3. The lowest BCUT2D eigenvalue weighted by Crippen LogP contribution is -2.30. The van der Waals surface area contributed by atoms with Crippen molar-refractivity contribution in [3.8, 4) is 5.75 Å². The molecule has 0 saturated heterocycles. The van der Waals surface area contributed by atoms with E-state index in [9.17, 15) is 4.79 Å². The molecule has 7 heteroatoms. The van der Waals surface area contributed by atoms with Gasteiger partial charge >= 0.3 is 0 Å². The minimum Gasteiger partial charge on any atom is -0.497 e. The number of aromatic nitrogens is 2. The first kappa shape index (κ1) is 18.4. The number of fused-ring (bicyclic) bond motifs is 1. The van der Waals surface area contributed by atoms with E-state index >= 15 is 0 Å². The molecule has 0 bridgehead atoms. The van der Waals surface area contributed by atoms with E-state index in [1.165, 1.54) is 11.3 Å². The van der Waals surface area contributed by atoms with Crippen molar-refractivity contribution >= 4 is 44.2 Å². The molecule has 4 rings (SSSR count). The Morgan fingerprint density at radius 2 is 2.04 bits per heavy atom. The number of carbonyl (C=O) groups excluding carboxylic acids is 1. The van der Waals surface area contributed by atoms with E-state index in [1.807, 2.05) is 30.3 Å². The van der Waals surface area contributed by atoms with Crippen LogP contribution in [0.1, 0.15) is 15.9 Å². The second-order valence-electron chi connectivity index (χ2n) is 6.06. The van der Waals surface area contributed by atoms with E-state index < -0.39 is 0 Å². The molecule has 0 unspecified atom stereocenters. The van der Waals surface area contributed by atoms with Crippen molar-refractivity contribution in [3.05, 3.63) is 83.1 Å². The molecule has 2 heterocycles. The number of nitrogens with zero attached hydrogens (tertiary/aromatic N) is 3. The van der Waals surface area contributed by atoms with Gasteiger partial charge in [-0.05, 0) is 35.9 Å². The summed E-state index contributed by atoms with van der Waals surface area (Å²) in [7, 11) is 1.62. The maximum Gasteiger partial charge on any atom is 0.261 e. The lowest BCUT2D eigenvalue weighted by atomic mass is 10.2. The van der Waals surface area contributed by atoms with E-state index in [-0.39, 0.29) is 5.91 Å². The van der Waals surface area contributed by atoms with Gasteiger partial charge < -0.3 is 4.74 Å². The van der Waals surface area contributed by atoms with Gasteiger partial charge in [0.1, 0.15) is 5.75 Å². The summed E-state index contributed by atoms with van der Waals surface area (Å²) in [6, 6.07) is 16.5. The highest BCUT2D eigenvalue weighted by Crippen LogP contribution is 2.33. The largest absolute Gasteiger partial charge is 0.497 e. The summed E-state index contributed by atoms with van der Waals surface area (Å²) >= 11 is 7.73. The highest BCUT2D eigenvalue weighted by atomic mass is 35.5. The smallest absolute Gasteiger partial charge is 0.261 e. The van der Waals surface area contributed by atoms with E-state index in [0.717, 1.165) is 21.5 Å². The van der Waals surface area contributed by atoms with Gasteiger partial charge in [-0.25, -0.2) is 4.98 Å². The van der Waals surface area contributed by atoms with Crippen molar-refractivity contribution in [2.45, 2.75) is 6.54 Å². The van der Waals surface area contributed by atoms with Gasteiger partial charge in [0.05, 0.1) is 34.5 Å². The molecule has 0 spiro atoms. The van der Waals surface area contributed by atoms with Gasteiger partial charge in [-0.3, -0.25) is 14.7 Å². The monoisotopic (exact) mass is 409 g/mol. The molecule has 0 atom stereocenters. The van der Waals surface area contributed by atoms with Gasteiger partial charge in [0.2, 0.25) is 0 Å². The minimum absolute atomic E-state index is 0.208. The van der Waals surface area contributed by atoms with Gasteiger partial charge in [-0.15, -0.1) is 0 Å². The fourth-order valence-electron chi connectivity index (χ4n) is 2.82. The summed E-state index contributed by atoms with van der Waals surface area (Å²) in [6.07, 6.45) is 3.44. The molecule has 4 aromatic rings. The number of ether oxygens (including phenoxy) is 1. The molecule has 2 aromatic heterocycles. The number of thiazole rings is 1. The first-order valence-electron chi connectivity index (χ1n) is 8.55. The van der Waals surface area contributed by atoms with Crippen LogP contribution in [0.25, 0.3) is 10.2 Å². The van der Waals surface area contributed by atoms with Crippen molar-refractivity contribution in [3.63, 3.8) is 0 Å². The van der Waals surface area contributed by atoms with E-state index in [0.29, 0.717) is 22.3 Å². The summed E-state index contributed by atoms with van der Waals surface area (Å²) in [5.74, 6) is 0.515. The third kappa shape index (κ3) is 3.69. The van der Waals surface area contributed by atoms with Crippen LogP contribution in [0.3, 0.4) is 0 Å². The lowest BCUT2D eigenvalue weighted by molar-refractivity contribution is 0.0985. The summed E-state index contributed by atoms with van der Waals surface area (Å²) in [6.45, 7) is 0.342. The second kappa shape index (κ2) is 7.96. The molecule has 0 aliphatic carbocycles. The number of methoxy groups -OCH3 is 1. The Bertz CT molecular complexity index is 1130. The second-order valence-corrected chi connectivity index (χ2v) is 7.48. The SMILES string of the molecule is COc1ccc2sc(N(Cc3cccnc3)C(=O)c3ccccc3Cl)nc2c1. The fourth-order valence-corrected chi connectivity index (χ4v) is 3.98. The molecular formula is C21H16ClN3O2S. The zero-order chi connectivity index (χ0) is 19.5. The molecule has 28 heavy (non-hydrogen) atoms. The minimum atomic E-state index is -0.208. The van der Waals surface area contributed by atoms with Crippen molar-refractivity contribution in [2.75, 3.05) is 12.0 Å². The Morgan fingerprint density at radius 3 is 2.79 bits per heavy atom. The quantitative estimate of drug-likeness (QED) is 0.454. The fraction of sp³-hybridized carbons (Fsp3) is 0.0952. The Balaban J connectivity index is 1.78. The van der Waals surface area contributed by atoms with E-state index in [1.54, 1.807) is 48.7 Å². The summed E-state index contributed by atoms with van der Waals surface area (Å²) in [4.78, 5) is 23.8. The Hall–Kier alpha value is -2.96. The molecular weight excluding hydrogens is 394 g/mol. The number of anilines is 1. The van der Waals surface area contributed by atoms with Gasteiger partial charge in [-0.1, -0.05) is 41.1 Å². The predicted octanol–water partition coefficient (Wildman–Crippen LogP) is 5.20. The van der Waals surface area contributed by atoms with Crippen LogP contribution in [-0.2, 0) is 6.54 Å². The number of pyridine rings is 1. The average Bonchev–Trinajstić information content (AvgIpc) is 3.15. The zero-order valence-electron chi connectivity index (χ0n) is 15.0. The number of hydrogen-bond donors (Lipinski definition) is 0. The van der Waals surface area contributed by atoms with E-state index in [4.69, 9.17) is 16.3 Å². The number of amides is 1. The number of rotatable bonds is 5. The first-order chi connectivity index (χ1) is 13.7. The Labute approximate surface area is 171 Å². The molecule has 5 nitrogen and oxygen atoms in total. The molecule has 0 radical (unpaired) electrons. The molecule has 0 aliphatic rings. The Morgan fingerprint density at radius 1 is 1.18 bits per heavy atom. The van der Waals surface area contributed by atoms with Crippen LogP contribution in [0, 0.1) is 0 Å². The summed E-state index contributed by atoms with van der Waals surface area (Å²) in [5.41, 5.74) is 2.12. The van der Waals surface area contributed by atoms with Gasteiger partial charge in [0, 0.05) is 18.5 Å². The molecule has 0 aliphatic heterocycles. The Kier molecular flexibility index (Phi) is 5.23. The maximum absolute atomic E-state index is 13.3. The number of benzene rings is 2. The summed E-state index contributed by atoms with van der Waals surface area (Å²) in [5, 5.41) is 1.00. The van der Waals surface area contributed by atoms with Crippen LogP contribution in [0.5, 0.6) is 5.75 Å². The number of carbonyl (C=O) groups is 1. The molecule has 0 N–H and O–H groups in total. The van der Waals surface area contributed by atoms with Gasteiger partial charge in [0.15, 0.2) is 5.13 Å². The lowest BCUT2D eigenvalue weighted by Gasteiger charge is -2.20. The number of hydrogen-bond acceptors (Lipinski definition) is 5. The average molecular weight is 410 g/mol. The summed E-state index contributed by atoms with van der Waals surface area (Å²) < 4.78 is 6.25. The van der Waals surface area contributed by atoms with Gasteiger partial charge in [-0.2, -0.15) is 0 Å². The molecule has 140 valence electrons. The first-order valence-corrected chi connectivity index (χ1v) is 9.75. The standard InChI is InChI=1S/C21H16ClN3O2S/c1-27-15-8-9-19-18(11-15)24-21(28-19)25(13-14-5-4-10-23-12-14)20(26)16-6-2-3-7-17(16)22/h2-12H,13H2,1H3. The van der Waals surface area contributed by atoms with Crippen LogP contribution < -0.4 is 9.64 Å². The predicted molar refractivity (Wildman–Crippen MR) is 112 cm³/mol. The van der Waals surface area contributed by atoms with Gasteiger partial charge in [0.25, 0.3) is 5.91 Å². The molecule has 0 saturated carbocycles. The molecule has 0 fully saturated rings.